The van der Waals surface area contributed by atoms with E-state index < -0.39 is 0 Å². The zero-order chi connectivity index (χ0) is 15.2. The van der Waals surface area contributed by atoms with E-state index in [4.69, 9.17) is 0 Å². The lowest BCUT2D eigenvalue weighted by Crippen LogP contribution is -2.45. The van der Waals surface area contributed by atoms with Gasteiger partial charge in [0.1, 0.15) is 0 Å². The molecule has 1 aliphatic heterocycles. The first-order valence-corrected chi connectivity index (χ1v) is 8.53. The number of oxime groups is 1. The second-order valence-electron chi connectivity index (χ2n) is 6.42. The van der Waals surface area contributed by atoms with Crippen molar-refractivity contribution in [2.75, 3.05) is 13.1 Å². The van der Waals surface area contributed by atoms with Crippen LogP contribution in [0, 0.1) is 0 Å². The molecule has 2 aliphatic rings. The highest BCUT2D eigenvalue weighted by Gasteiger charge is 2.28. The lowest BCUT2D eigenvalue weighted by Gasteiger charge is -2.38. The second kappa shape index (κ2) is 7.59. The average Bonchev–Trinajstić information content (AvgIpc) is 2.56. The van der Waals surface area contributed by atoms with Crippen LogP contribution in [0.2, 0.25) is 0 Å². The molecule has 0 unspecified atom stereocenters. The predicted molar refractivity (Wildman–Crippen MR) is 90.6 cm³/mol. The fraction of sp³-hybridized carbons (Fsp3) is 0.526. The highest BCUT2D eigenvalue weighted by atomic mass is 16.4. The van der Waals surface area contributed by atoms with Crippen molar-refractivity contribution in [3.63, 3.8) is 0 Å². The summed E-state index contributed by atoms with van der Waals surface area (Å²) in [5, 5.41) is 13.0. The van der Waals surface area contributed by atoms with Gasteiger partial charge in [0.15, 0.2) is 0 Å². The number of nitrogens with zero attached hydrogens (tertiary/aromatic N) is 2. The van der Waals surface area contributed by atoms with Crippen molar-refractivity contribution in [3.05, 3.63) is 48.0 Å². The summed E-state index contributed by atoms with van der Waals surface area (Å²) in [5.74, 6) is 0.681. The van der Waals surface area contributed by atoms with E-state index in [9.17, 15) is 5.21 Å². The first kappa shape index (κ1) is 15.3. The molecule has 1 aromatic rings. The van der Waals surface area contributed by atoms with E-state index in [-0.39, 0.29) is 0 Å². The van der Waals surface area contributed by atoms with Crippen LogP contribution < -0.4 is 0 Å². The van der Waals surface area contributed by atoms with E-state index in [0.29, 0.717) is 12.0 Å². The molecule has 1 aromatic carbocycles. The van der Waals surface area contributed by atoms with Crippen molar-refractivity contribution in [2.45, 2.75) is 50.5 Å². The van der Waals surface area contributed by atoms with Gasteiger partial charge in [0.2, 0.25) is 0 Å². The highest BCUT2D eigenvalue weighted by molar-refractivity contribution is 5.89. The molecule has 0 aromatic heterocycles. The lowest BCUT2D eigenvalue weighted by molar-refractivity contribution is 0.176. The third-order valence-electron chi connectivity index (χ3n) is 5.09. The van der Waals surface area contributed by atoms with Crippen LogP contribution in [0.4, 0.5) is 0 Å². The van der Waals surface area contributed by atoms with Crippen LogP contribution in [0.1, 0.15) is 50.0 Å². The minimum Gasteiger partial charge on any atom is -0.411 e. The van der Waals surface area contributed by atoms with Gasteiger partial charge in [0, 0.05) is 0 Å². The van der Waals surface area contributed by atoms with Crippen LogP contribution in [-0.2, 0) is 0 Å². The summed E-state index contributed by atoms with van der Waals surface area (Å²) >= 11 is 0. The third-order valence-corrected chi connectivity index (χ3v) is 5.09. The fourth-order valence-electron chi connectivity index (χ4n) is 3.83. The third kappa shape index (κ3) is 3.58. The Bertz CT molecular complexity index is 515. The Labute approximate surface area is 133 Å². The number of hydrogen-bond acceptors (Lipinski definition) is 3. The van der Waals surface area contributed by atoms with Crippen molar-refractivity contribution in [1.29, 1.82) is 0 Å². The Balaban J connectivity index is 1.63. The SMILES string of the molecule is O/N=C1\CCC=CCC[C@@H]1N1CCC(c2ccccc2)CC1. The van der Waals surface area contributed by atoms with Gasteiger partial charge in [-0.05, 0) is 63.1 Å². The summed E-state index contributed by atoms with van der Waals surface area (Å²) in [7, 11) is 0. The van der Waals surface area contributed by atoms with Crippen molar-refractivity contribution in [1.82, 2.24) is 4.90 Å². The van der Waals surface area contributed by atoms with Crippen LogP contribution >= 0.6 is 0 Å². The summed E-state index contributed by atoms with van der Waals surface area (Å²) in [6.45, 7) is 2.21. The highest BCUT2D eigenvalue weighted by Crippen LogP contribution is 2.30. The number of hydrogen-bond donors (Lipinski definition) is 1. The molecule has 0 amide bonds. The van der Waals surface area contributed by atoms with E-state index in [2.05, 4.69) is 52.5 Å². The molecule has 1 heterocycles. The Morgan fingerprint density at radius 1 is 0.955 bits per heavy atom. The standard InChI is InChI=1S/C19H26N2O/c22-20-18-10-6-1-2-7-11-19(18)21-14-12-17(13-15-21)16-8-4-3-5-9-16/h1-5,8-9,17,19,22H,6-7,10-15H2/b2-1?,20-18+/t19-/m0/s1. The fourth-order valence-corrected chi connectivity index (χ4v) is 3.83. The largest absolute Gasteiger partial charge is 0.411 e. The quantitative estimate of drug-likeness (QED) is 0.505. The van der Waals surface area contributed by atoms with E-state index in [1.54, 1.807) is 0 Å². The predicted octanol–water partition coefficient (Wildman–Crippen LogP) is 4.20. The van der Waals surface area contributed by atoms with Crippen molar-refractivity contribution < 1.29 is 5.21 Å². The van der Waals surface area contributed by atoms with Crippen molar-refractivity contribution in [2.24, 2.45) is 5.16 Å². The molecule has 1 saturated heterocycles. The summed E-state index contributed by atoms with van der Waals surface area (Å²) in [5.41, 5.74) is 2.45. The number of rotatable bonds is 2. The van der Waals surface area contributed by atoms with E-state index in [0.717, 1.165) is 44.5 Å². The van der Waals surface area contributed by atoms with Crippen LogP contribution in [-0.4, -0.2) is 35.0 Å². The van der Waals surface area contributed by atoms with Gasteiger partial charge >= 0.3 is 0 Å². The van der Waals surface area contributed by atoms with Gasteiger partial charge < -0.3 is 5.21 Å². The molecule has 0 saturated carbocycles. The lowest BCUT2D eigenvalue weighted by atomic mass is 9.87. The summed E-state index contributed by atoms with van der Waals surface area (Å²) < 4.78 is 0. The summed E-state index contributed by atoms with van der Waals surface area (Å²) in [6, 6.07) is 11.2. The maximum absolute atomic E-state index is 9.38. The van der Waals surface area contributed by atoms with Crippen LogP contribution in [0.25, 0.3) is 0 Å². The van der Waals surface area contributed by atoms with Gasteiger partial charge in [0.05, 0.1) is 11.8 Å². The molecule has 3 nitrogen and oxygen atoms in total. The van der Waals surface area contributed by atoms with Gasteiger partial charge in [-0.2, -0.15) is 0 Å². The normalized spacial score (nSPS) is 26.7. The number of benzene rings is 1. The molecule has 22 heavy (non-hydrogen) atoms. The first-order chi connectivity index (χ1) is 10.9. The smallest absolute Gasteiger partial charge is 0.0745 e. The first-order valence-electron chi connectivity index (χ1n) is 8.53. The minimum atomic E-state index is 0.326. The molecule has 3 heteroatoms. The molecular formula is C19H26N2O. The van der Waals surface area contributed by atoms with E-state index in [1.807, 2.05) is 0 Å². The van der Waals surface area contributed by atoms with Crippen LogP contribution in [0.5, 0.6) is 0 Å². The molecule has 0 bridgehead atoms. The monoisotopic (exact) mass is 298 g/mol. The maximum Gasteiger partial charge on any atom is 0.0745 e. The molecule has 118 valence electrons. The number of piperidine rings is 1. The zero-order valence-corrected chi connectivity index (χ0v) is 13.2. The Hall–Kier alpha value is -1.61. The Kier molecular flexibility index (Phi) is 5.28. The molecule has 3 rings (SSSR count). The summed E-state index contributed by atoms with van der Waals surface area (Å²) in [6.07, 6.45) is 10.9. The summed E-state index contributed by atoms with van der Waals surface area (Å²) in [4.78, 5) is 2.54. The van der Waals surface area contributed by atoms with Gasteiger partial charge in [-0.1, -0.05) is 47.6 Å². The van der Waals surface area contributed by atoms with Crippen molar-refractivity contribution in [3.8, 4) is 0 Å². The van der Waals surface area contributed by atoms with Crippen LogP contribution in [0.15, 0.2) is 47.6 Å². The van der Waals surface area contributed by atoms with E-state index in [1.165, 1.54) is 18.4 Å². The number of allylic oxidation sites excluding steroid dienone is 2. The molecule has 1 atom stereocenters. The zero-order valence-electron chi connectivity index (χ0n) is 13.2. The molecule has 1 N–H and O–H groups in total. The minimum absolute atomic E-state index is 0.326. The molecule has 1 aliphatic carbocycles. The molecule has 1 fully saturated rings. The molecule has 0 radical (unpaired) electrons. The topological polar surface area (TPSA) is 35.8 Å². The average molecular weight is 298 g/mol. The van der Waals surface area contributed by atoms with E-state index >= 15 is 0 Å². The van der Waals surface area contributed by atoms with Gasteiger partial charge in [0.25, 0.3) is 0 Å². The van der Waals surface area contributed by atoms with Crippen molar-refractivity contribution >= 4 is 5.71 Å². The Morgan fingerprint density at radius 3 is 2.41 bits per heavy atom. The second-order valence-corrected chi connectivity index (χ2v) is 6.42. The van der Waals surface area contributed by atoms with Gasteiger partial charge in [-0.3, -0.25) is 4.90 Å². The Morgan fingerprint density at radius 2 is 1.68 bits per heavy atom. The maximum atomic E-state index is 9.38. The van der Waals surface area contributed by atoms with Gasteiger partial charge in [-0.25, -0.2) is 0 Å². The number of likely N-dealkylation sites (tertiary alicyclic amines) is 1. The molecule has 0 spiro atoms. The molecular weight excluding hydrogens is 272 g/mol. The van der Waals surface area contributed by atoms with Gasteiger partial charge in [-0.15, -0.1) is 0 Å². The van der Waals surface area contributed by atoms with Crippen LogP contribution in [0.3, 0.4) is 0 Å².